The molecule has 2 bridgehead atoms. The summed E-state index contributed by atoms with van der Waals surface area (Å²) in [6.45, 7) is 2.27. The summed E-state index contributed by atoms with van der Waals surface area (Å²) in [6, 6.07) is 1.44. The van der Waals surface area contributed by atoms with Crippen molar-refractivity contribution in [2.24, 2.45) is 5.92 Å². The number of rotatable bonds is 0. The third kappa shape index (κ3) is 0.413. The number of hydrogen-bond donors (Lipinski definition) is 1. The van der Waals surface area contributed by atoms with Crippen LogP contribution in [0.2, 0.25) is 0 Å². The van der Waals surface area contributed by atoms with E-state index in [2.05, 4.69) is 12.2 Å². The summed E-state index contributed by atoms with van der Waals surface area (Å²) >= 11 is 0. The summed E-state index contributed by atoms with van der Waals surface area (Å²) in [5.74, 6) is 0.847. The molecule has 5 atom stereocenters. The summed E-state index contributed by atoms with van der Waals surface area (Å²) in [6.07, 6.45) is 2.65. The van der Waals surface area contributed by atoms with Gasteiger partial charge in [0.15, 0.2) is 0 Å². The molecule has 3 aliphatic rings. The van der Waals surface area contributed by atoms with E-state index < -0.39 is 0 Å². The maximum atomic E-state index is 5.45. The molecule has 3 unspecified atom stereocenters. The summed E-state index contributed by atoms with van der Waals surface area (Å²) in [7, 11) is 0. The van der Waals surface area contributed by atoms with Crippen molar-refractivity contribution in [2.75, 3.05) is 0 Å². The maximum Gasteiger partial charge on any atom is 0.0998 e. The first kappa shape index (κ1) is 4.69. The van der Waals surface area contributed by atoms with Crippen molar-refractivity contribution in [3.63, 3.8) is 0 Å². The van der Waals surface area contributed by atoms with Crippen LogP contribution in [-0.2, 0) is 4.74 Å². The lowest BCUT2D eigenvalue weighted by molar-refractivity contribution is 0.280. The van der Waals surface area contributed by atoms with E-state index in [0.717, 1.165) is 18.0 Å². The van der Waals surface area contributed by atoms with E-state index in [1.165, 1.54) is 6.42 Å². The fourth-order valence-electron chi connectivity index (χ4n) is 2.48. The molecule has 50 valence electrons. The fraction of sp³-hybridized carbons (Fsp3) is 1.00. The minimum Gasteiger partial charge on any atom is -0.368 e. The molecule has 3 fully saturated rings. The van der Waals surface area contributed by atoms with Crippen LogP contribution in [0.15, 0.2) is 0 Å². The van der Waals surface area contributed by atoms with Gasteiger partial charge < -0.3 is 10.1 Å². The van der Waals surface area contributed by atoms with E-state index in [4.69, 9.17) is 4.74 Å². The van der Waals surface area contributed by atoms with Crippen molar-refractivity contribution in [1.29, 1.82) is 0 Å². The molecule has 3 rings (SSSR count). The monoisotopic (exact) mass is 125 g/mol. The lowest BCUT2D eigenvalue weighted by atomic mass is 10.0. The summed E-state index contributed by atoms with van der Waals surface area (Å²) < 4.78 is 5.45. The molecule has 0 aromatic rings. The number of fused-ring (bicyclic) bond motifs is 5. The molecule has 0 aromatic heterocycles. The molecular weight excluding hydrogens is 114 g/mol. The first-order chi connectivity index (χ1) is 4.36. The second-order valence-electron chi connectivity index (χ2n) is 3.53. The van der Waals surface area contributed by atoms with Crippen LogP contribution in [0.5, 0.6) is 0 Å². The Kier molecular flexibility index (Phi) is 0.616. The molecule has 1 aliphatic carbocycles. The van der Waals surface area contributed by atoms with Crippen LogP contribution in [0.4, 0.5) is 0 Å². The minimum atomic E-state index is 0.617. The second kappa shape index (κ2) is 1.18. The van der Waals surface area contributed by atoms with Crippen molar-refractivity contribution in [3.8, 4) is 0 Å². The summed E-state index contributed by atoms with van der Waals surface area (Å²) in [5, 5.41) is 3.52. The highest BCUT2D eigenvalue weighted by atomic mass is 16.6. The molecule has 0 radical (unpaired) electrons. The Morgan fingerprint density at radius 3 is 2.89 bits per heavy atom. The second-order valence-corrected chi connectivity index (χ2v) is 3.53. The number of hydrogen-bond acceptors (Lipinski definition) is 2. The molecular formula is C7H11NO. The van der Waals surface area contributed by atoms with E-state index in [1.807, 2.05) is 0 Å². The molecule has 2 aliphatic heterocycles. The number of epoxide rings is 1. The van der Waals surface area contributed by atoms with Crippen LogP contribution < -0.4 is 5.32 Å². The van der Waals surface area contributed by atoms with Gasteiger partial charge in [-0.05, 0) is 13.3 Å². The van der Waals surface area contributed by atoms with E-state index in [-0.39, 0.29) is 0 Å². The largest absolute Gasteiger partial charge is 0.368 e. The van der Waals surface area contributed by atoms with Crippen LogP contribution in [0.3, 0.4) is 0 Å². The Bertz CT molecular complexity index is 155. The van der Waals surface area contributed by atoms with Gasteiger partial charge in [0.05, 0.1) is 12.2 Å². The normalized spacial score (nSPS) is 68.3. The standard InChI is InChI=1S/C7H11NO/c1-3-4-2-5(8-3)7-6(4)9-7/h3-8H,2H2,1H3/t3?,4?,5?,6-,7+/m1/s1. The zero-order valence-corrected chi connectivity index (χ0v) is 5.50. The predicted molar refractivity (Wildman–Crippen MR) is 33.2 cm³/mol. The van der Waals surface area contributed by atoms with Gasteiger partial charge in [-0.1, -0.05) is 0 Å². The fourth-order valence-corrected chi connectivity index (χ4v) is 2.48. The Labute approximate surface area is 54.6 Å². The van der Waals surface area contributed by atoms with E-state index in [0.29, 0.717) is 12.2 Å². The zero-order valence-electron chi connectivity index (χ0n) is 5.50. The smallest absolute Gasteiger partial charge is 0.0998 e. The lowest BCUT2D eigenvalue weighted by Gasteiger charge is -2.14. The minimum absolute atomic E-state index is 0.617. The molecule has 0 aromatic carbocycles. The third-order valence-corrected chi connectivity index (χ3v) is 3.03. The van der Waals surface area contributed by atoms with Crippen molar-refractivity contribution in [3.05, 3.63) is 0 Å². The predicted octanol–water partition coefficient (Wildman–Crippen LogP) is 0.134. The van der Waals surface area contributed by atoms with Crippen molar-refractivity contribution in [2.45, 2.75) is 37.6 Å². The van der Waals surface area contributed by atoms with Gasteiger partial charge in [0.1, 0.15) is 0 Å². The van der Waals surface area contributed by atoms with Gasteiger partial charge in [0, 0.05) is 18.0 Å². The van der Waals surface area contributed by atoms with Gasteiger partial charge in [0.25, 0.3) is 0 Å². The van der Waals surface area contributed by atoms with Crippen LogP contribution >= 0.6 is 0 Å². The van der Waals surface area contributed by atoms with Crippen LogP contribution in [0, 0.1) is 5.92 Å². The molecule has 0 spiro atoms. The molecule has 0 amide bonds. The van der Waals surface area contributed by atoms with Crippen molar-refractivity contribution < 1.29 is 4.74 Å². The number of ether oxygens (including phenoxy) is 1. The van der Waals surface area contributed by atoms with Gasteiger partial charge in [-0.15, -0.1) is 0 Å². The Balaban J connectivity index is 1.96. The zero-order chi connectivity index (χ0) is 6.01. The highest BCUT2D eigenvalue weighted by Crippen LogP contribution is 2.48. The van der Waals surface area contributed by atoms with Crippen LogP contribution in [0.1, 0.15) is 13.3 Å². The Morgan fingerprint density at radius 1 is 1.44 bits per heavy atom. The molecule has 1 N–H and O–H groups in total. The molecule has 2 saturated heterocycles. The van der Waals surface area contributed by atoms with Gasteiger partial charge in [-0.3, -0.25) is 0 Å². The van der Waals surface area contributed by atoms with Crippen LogP contribution in [0.25, 0.3) is 0 Å². The van der Waals surface area contributed by atoms with Crippen molar-refractivity contribution >= 4 is 0 Å². The number of piperidine rings is 1. The van der Waals surface area contributed by atoms with E-state index in [1.54, 1.807) is 0 Å². The molecule has 2 heterocycles. The number of nitrogens with one attached hydrogen (secondary N) is 1. The highest BCUT2D eigenvalue weighted by Gasteiger charge is 2.62. The van der Waals surface area contributed by atoms with E-state index in [9.17, 15) is 0 Å². The summed E-state index contributed by atoms with van der Waals surface area (Å²) in [5.41, 5.74) is 0. The quantitative estimate of drug-likeness (QED) is 0.465. The Hall–Kier alpha value is -0.0800. The first-order valence-corrected chi connectivity index (χ1v) is 3.78. The molecule has 9 heavy (non-hydrogen) atoms. The van der Waals surface area contributed by atoms with Crippen molar-refractivity contribution in [1.82, 2.24) is 5.32 Å². The van der Waals surface area contributed by atoms with Gasteiger partial charge >= 0.3 is 0 Å². The summed E-state index contributed by atoms with van der Waals surface area (Å²) in [4.78, 5) is 0. The highest BCUT2D eigenvalue weighted by molar-refractivity contribution is 5.14. The lowest BCUT2D eigenvalue weighted by Crippen LogP contribution is -2.37. The molecule has 2 heteroatoms. The first-order valence-electron chi connectivity index (χ1n) is 3.78. The SMILES string of the molecule is CC1NC2CC1[C@H]1O[C@@H]21. The third-order valence-electron chi connectivity index (χ3n) is 3.03. The maximum absolute atomic E-state index is 5.45. The van der Waals surface area contributed by atoms with Crippen LogP contribution in [-0.4, -0.2) is 24.3 Å². The Morgan fingerprint density at radius 2 is 2.33 bits per heavy atom. The average molecular weight is 125 g/mol. The van der Waals surface area contributed by atoms with Gasteiger partial charge in [0.2, 0.25) is 0 Å². The van der Waals surface area contributed by atoms with E-state index >= 15 is 0 Å². The average Bonchev–Trinajstić information content (AvgIpc) is 2.46. The van der Waals surface area contributed by atoms with Gasteiger partial charge in [-0.25, -0.2) is 0 Å². The topological polar surface area (TPSA) is 24.6 Å². The molecule has 1 saturated carbocycles. The molecule has 2 nitrogen and oxygen atoms in total. The van der Waals surface area contributed by atoms with Gasteiger partial charge in [-0.2, -0.15) is 0 Å².